The van der Waals surface area contributed by atoms with Gasteiger partial charge in [0.15, 0.2) is 5.75 Å². The van der Waals surface area contributed by atoms with Crippen LogP contribution in [0.2, 0.25) is 0 Å². The molecule has 6 nitrogen and oxygen atoms in total. The molecule has 0 fully saturated rings. The van der Waals surface area contributed by atoms with E-state index in [0.29, 0.717) is 18.9 Å². The van der Waals surface area contributed by atoms with Crippen LogP contribution in [0.25, 0.3) is 11.1 Å². The van der Waals surface area contributed by atoms with Crippen molar-refractivity contribution >= 4 is 27.9 Å². The molecule has 0 atom stereocenters. The van der Waals surface area contributed by atoms with Crippen LogP contribution in [0, 0.1) is 6.92 Å². The number of carboxylic acid groups (broad SMARTS) is 1. The van der Waals surface area contributed by atoms with Crippen LogP contribution < -0.4 is 14.4 Å². The number of halogens is 1. The van der Waals surface area contributed by atoms with Crippen LogP contribution in [-0.2, 0) is 6.54 Å². The predicted molar refractivity (Wildman–Crippen MR) is 140 cm³/mol. The van der Waals surface area contributed by atoms with Gasteiger partial charge in [-0.2, -0.15) is 0 Å². The van der Waals surface area contributed by atoms with E-state index in [1.165, 1.54) is 11.8 Å². The molecule has 0 aliphatic carbocycles. The number of carbonyl (C=O) groups is 1. The number of nitrogens with zero attached hydrogens (tertiary/aromatic N) is 2. The van der Waals surface area contributed by atoms with Crippen LogP contribution in [0.15, 0.2) is 89.5 Å². The van der Waals surface area contributed by atoms with Crippen LogP contribution in [0.4, 0.5) is 10.6 Å². The maximum absolute atomic E-state index is 10.8. The Balaban J connectivity index is 1.62. The smallest absolute Gasteiger partial charge is 0.456 e. The number of hydrogen-bond acceptors (Lipinski definition) is 5. The molecule has 0 aliphatic rings. The number of ether oxygens (including phenoxy) is 2. The molecule has 7 heteroatoms. The molecule has 1 heterocycles. The molecule has 0 saturated heterocycles. The molecule has 35 heavy (non-hydrogen) atoms. The van der Waals surface area contributed by atoms with Gasteiger partial charge in [-0.05, 0) is 55.8 Å². The lowest BCUT2D eigenvalue weighted by Gasteiger charge is -2.24. The Morgan fingerprint density at radius 2 is 1.77 bits per heavy atom. The first-order valence-corrected chi connectivity index (χ1v) is 12.0. The maximum Gasteiger partial charge on any atom is 0.511 e. The molecule has 0 spiro atoms. The molecular formula is C28H25BrN2O4. The van der Waals surface area contributed by atoms with Crippen molar-refractivity contribution in [2.24, 2.45) is 0 Å². The fourth-order valence-corrected chi connectivity index (χ4v) is 4.11. The summed E-state index contributed by atoms with van der Waals surface area (Å²) in [6.45, 7) is 5.35. The summed E-state index contributed by atoms with van der Waals surface area (Å²) in [6, 6.07) is 25.7. The van der Waals surface area contributed by atoms with Gasteiger partial charge in [-0.3, -0.25) is 0 Å². The summed E-state index contributed by atoms with van der Waals surface area (Å²) in [6.07, 6.45) is 0.0381. The number of para-hydroxylation sites is 1. The molecule has 0 unspecified atom stereocenters. The molecule has 1 aromatic heterocycles. The quantitative estimate of drug-likeness (QED) is 0.234. The maximum atomic E-state index is 10.8. The lowest BCUT2D eigenvalue weighted by atomic mass is 10.0. The summed E-state index contributed by atoms with van der Waals surface area (Å²) in [5.74, 6) is 2.40. The molecule has 178 valence electrons. The van der Waals surface area contributed by atoms with Crippen molar-refractivity contribution in [3.8, 4) is 28.4 Å². The van der Waals surface area contributed by atoms with E-state index in [0.717, 1.165) is 32.7 Å². The fourth-order valence-electron chi connectivity index (χ4n) is 3.70. The minimum Gasteiger partial charge on any atom is -0.456 e. The Labute approximate surface area is 212 Å². The number of hydrogen-bond donors (Lipinski definition) is 1. The Morgan fingerprint density at radius 3 is 2.46 bits per heavy atom. The fraction of sp³-hybridized carbons (Fsp3) is 0.143. The Kier molecular flexibility index (Phi) is 7.67. The molecule has 1 N–H and O–H groups in total. The molecule has 0 radical (unpaired) electrons. The van der Waals surface area contributed by atoms with Gasteiger partial charge in [0.2, 0.25) is 0 Å². The van der Waals surface area contributed by atoms with Crippen molar-refractivity contribution in [3.63, 3.8) is 0 Å². The van der Waals surface area contributed by atoms with Crippen LogP contribution in [-0.4, -0.2) is 22.8 Å². The topological polar surface area (TPSA) is 71.9 Å². The minimum absolute atomic E-state index is 0.177. The van der Waals surface area contributed by atoms with E-state index in [9.17, 15) is 4.79 Å². The SMILES string of the molecule is CCN(Cc1cc(Br)ccc1Oc1ccccc1-c1ccc(C)cc1)c1ccc(OC(=O)O)cn1. The highest BCUT2D eigenvalue weighted by molar-refractivity contribution is 9.10. The molecule has 0 bridgehead atoms. The molecule has 4 aromatic rings. The number of benzene rings is 3. The normalized spacial score (nSPS) is 10.6. The summed E-state index contributed by atoms with van der Waals surface area (Å²) < 4.78 is 12.1. The number of rotatable bonds is 8. The number of aromatic nitrogens is 1. The van der Waals surface area contributed by atoms with Crippen molar-refractivity contribution in [1.29, 1.82) is 0 Å². The van der Waals surface area contributed by atoms with Gasteiger partial charge in [-0.25, -0.2) is 9.78 Å². The van der Waals surface area contributed by atoms with E-state index in [4.69, 9.17) is 9.84 Å². The van der Waals surface area contributed by atoms with Gasteiger partial charge >= 0.3 is 6.16 Å². The van der Waals surface area contributed by atoms with Gasteiger partial charge in [-0.15, -0.1) is 0 Å². The second kappa shape index (κ2) is 11.1. The van der Waals surface area contributed by atoms with Crippen molar-refractivity contribution in [3.05, 3.63) is 101 Å². The highest BCUT2D eigenvalue weighted by atomic mass is 79.9. The monoisotopic (exact) mass is 532 g/mol. The summed E-state index contributed by atoms with van der Waals surface area (Å²) in [5.41, 5.74) is 4.29. The van der Waals surface area contributed by atoms with E-state index in [-0.39, 0.29) is 5.75 Å². The zero-order valence-corrected chi connectivity index (χ0v) is 21.0. The van der Waals surface area contributed by atoms with Gasteiger partial charge in [0.25, 0.3) is 0 Å². The first-order valence-electron chi connectivity index (χ1n) is 11.2. The van der Waals surface area contributed by atoms with Crippen molar-refractivity contribution in [2.75, 3.05) is 11.4 Å². The lowest BCUT2D eigenvalue weighted by Crippen LogP contribution is -2.23. The highest BCUT2D eigenvalue weighted by Crippen LogP contribution is 2.36. The number of pyridine rings is 1. The highest BCUT2D eigenvalue weighted by Gasteiger charge is 2.15. The first kappa shape index (κ1) is 24.3. The average Bonchev–Trinajstić information content (AvgIpc) is 2.85. The average molecular weight is 533 g/mol. The molecular weight excluding hydrogens is 508 g/mol. The zero-order chi connectivity index (χ0) is 24.8. The largest absolute Gasteiger partial charge is 0.511 e. The van der Waals surface area contributed by atoms with E-state index in [1.54, 1.807) is 12.1 Å². The lowest BCUT2D eigenvalue weighted by molar-refractivity contribution is 0.144. The first-order chi connectivity index (χ1) is 16.9. The van der Waals surface area contributed by atoms with Gasteiger partial charge in [0.1, 0.15) is 17.3 Å². The second-order valence-electron chi connectivity index (χ2n) is 7.95. The van der Waals surface area contributed by atoms with Crippen LogP contribution in [0.1, 0.15) is 18.1 Å². The predicted octanol–water partition coefficient (Wildman–Crippen LogP) is 7.70. The summed E-state index contributed by atoms with van der Waals surface area (Å²) in [4.78, 5) is 17.2. The van der Waals surface area contributed by atoms with E-state index in [1.807, 2.05) is 43.3 Å². The summed E-state index contributed by atoms with van der Waals surface area (Å²) in [5, 5.41) is 8.79. The summed E-state index contributed by atoms with van der Waals surface area (Å²) >= 11 is 3.58. The van der Waals surface area contributed by atoms with Gasteiger partial charge in [-0.1, -0.05) is 64.0 Å². The van der Waals surface area contributed by atoms with Crippen molar-refractivity contribution in [1.82, 2.24) is 4.98 Å². The third kappa shape index (κ3) is 6.19. The van der Waals surface area contributed by atoms with E-state index < -0.39 is 6.16 Å². The Bertz CT molecular complexity index is 1310. The number of aryl methyl sites for hydroxylation is 1. The molecule has 4 rings (SSSR count). The van der Waals surface area contributed by atoms with Crippen LogP contribution in [0.3, 0.4) is 0 Å². The van der Waals surface area contributed by atoms with Crippen molar-refractivity contribution < 1.29 is 19.4 Å². The Hall–Kier alpha value is -3.84. The van der Waals surface area contributed by atoms with E-state index in [2.05, 4.69) is 67.8 Å². The minimum atomic E-state index is -1.37. The second-order valence-corrected chi connectivity index (χ2v) is 8.87. The third-order valence-corrected chi connectivity index (χ3v) is 5.98. The molecule has 0 amide bonds. The van der Waals surface area contributed by atoms with Gasteiger partial charge in [0, 0.05) is 28.7 Å². The molecule has 0 aliphatic heterocycles. The van der Waals surface area contributed by atoms with E-state index >= 15 is 0 Å². The standard InChI is InChI=1S/C28H25BrN2O4/c1-3-31(27-15-13-23(17-30-27)34-28(32)33)18-21-16-22(29)12-14-25(21)35-26-7-5-4-6-24(26)20-10-8-19(2)9-11-20/h4-17H,3,18H2,1-2H3,(H,32,33). The van der Waals surface area contributed by atoms with Gasteiger partial charge < -0.3 is 19.5 Å². The zero-order valence-electron chi connectivity index (χ0n) is 19.4. The third-order valence-electron chi connectivity index (χ3n) is 5.48. The molecule has 3 aromatic carbocycles. The summed E-state index contributed by atoms with van der Waals surface area (Å²) in [7, 11) is 0. The van der Waals surface area contributed by atoms with Crippen LogP contribution in [0.5, 0.6) is 17.2 Å². The van der Waals surface area contributed by atoms with Crippen LogP contribution >= 0.6 is 15.9 Å². The van der Waals surface area contributed by atoms with Gasteiger partial charge in [0.05, 0.1) is 6.20 Å². The molecule has 0 saturated carbocycles. The number of anilines is 1. The Morgan fingerprint density at radius 1 is 1.00 bits per heavy atom. The van der Waals surface area contributed by atoms with Crippen molar-refractivity contribution in [2.45, 2.75) is 20.4 Å².